The number of methoxy groups -OCH3 is 3. The molecule has 4 aromatic carbocycles. The molecule has 432 valence electrons. The van der Waals surface area contributed by atoms with Crippen molar-refractivity contribution in [3.05, 3.63) is 107 Å². The van der Waals surface area contributed by atoms with Crippen LogP contribution in [0.5, 0.6) is 28.7 Å². The van der Waals surface area contributed by atoms with E-state index in [4.69, 9.17) is 33.7 Å². The smallest absolute Gasteiger partial charge is 0.260 e. The Morgan fingerprint density at radius 3 is 2.11 bits per heavy atom. The lowest BCUT2D eigenvalue weighted by molar-refractivity contribution is -0.141. The van der Waals surface area contributed by atoms with Gasteiger partial charge in [0, 0.05) is 87.5 Å². The fraction of sp³-hybridized carbons (Fsp3) is 0.403. The van der Waals surface area contributed by atoms with Crippen LogP contribution in [0.1, 0.15) is 111 Å². The summed E-state index contributed by atoms with van der Waals surface area (Å²) in [6.07, 6.45) is 12.0. The zero-order chi connectivity index (χ0) is 58.7. The molecule has 1 fully saturated rings. The van der Waals surface area contributed by atoms with Gasteiger partial charge in [0.1, 0.15) is 11.8 Å². The van der Waals surface area contributed by atoms with E-state index < -0.39 is 23.3 Å². The Morgan fingerprint density at radius 1 is 0.793 bits per heavy atom. The third kappa shape index (κ3) is 14.2. The zero-order valence-electron chi connectivity index (χ0n) is 47.7. The molecule has 0 bridgehead atoms. The highest BCUT2D eigenvalue weighted by Gasteiger charge is 2.44. The standard InChI is InChI=1S/C62H72N8O12/c1-38(2)58(67-55(72)13-10-9-11-22-69-57(74)31-62(3,4)61(69)77)59(75)65-34-56(73)66-44-18-14-39(15-19-44)41-25-45(68(5)35-41)32-63-49-29-53(51(79-7)27-43(49)37-71)81-23-12-24-82-54-30-50-48(28-52(54)80-8)60(76)70-36-42(26-46(70)33-64-50)40-16-20-47(78-6)21-17-40/h14-21,27-30,32-33,35-38,45-46,58H,9-13,22-26,31,34H2,1-8H3,(H,65,75)(H,66,73)(H,67,72). The summed E-state index contributed by atoms with van der Waals surface area (Å²) >= 11 is 0. The summed E-state index contributed by atoms with van der Waals surface area (Å²) in [6, 6.07) is 20.5. The molecule has 4 aliphatic rings. The van der Waals surface area contributed by atoms with E-state index >= 15 is 0 Å². The van der Waals surface area contributed by atoms with Crippen LogP contribution >= 0.6 is 0 Å². The molecule has 4 aliphatic heterocycles. The molecule has 3 N–H and O–H groups in total. The fourth-order valence-electron chi connectivity index (χ4n) is 10.1. The van der Waals surface area contributed by atoms with E-state index in [0.29, 0.717) is 96.3 Å². The second-order valence-electron chi connectivity index (χ2n) is 21.6. The molecule has 0 spiro atoms. The number of carbonyl (C=O) groups excluding carboxylic acids is 7. The number of imide groups is 1. The number of aldehydes is 1. The van der Waals surface area contributed by atoms with Gasteiger partial charge in [0.05, 0.1) is 75.5 Å². The first-order valence-electron chi connectivity index (χ1n) is 27.6. The van der Waals surface area contributed by atoms with Crippen LogP contribution in [0.3, 0.4) is 0 Å². The molecule has 82 heavy (non-hydrogen) atoms. The van der Waals surface area contributed by atoms with E-state index in [1.807, 2.05) is 60.7 Å². The van der Waals surface area contributed by atoms with Gasteiger partial charge >= 0.3 is 0 Å². The van der Waals surface area contributed by atoms with Crippen LogP contribution in [-0.4, -0.2) is 142 Å². The highest BCUT2D eigenvalue weighted by molar-refractivity contribution is 6.06. The van der Waals surface area contributed by atoms with E-state index in [0.717, 1.165) is 34.3 Å². The average molecular weight is 1120 g/mol. The lowest BCUT2D eigenvalue weighted by Crippen LogP contribution is -2.51. The van der Waals surface area contributed by atoms with Gasteiger partial charge in [0.25, 0.3) is 5.91 Å². The Balaban J connectivity index is 0.779. The van der Waals surface area contributed by atoms with Crippen molar-refractivity contribution in [3.8, 4) is 28.7 Å². The van der Waals surface area contributed by atoms with E-state index in [9.17, 15) is 33.6 Å². The number of nitrogens with one attached hydrogen (secondary N) is 3. The quantitative estimate of drug-likeness (QED) is 0.0232. The maximum absolute atomic E-state index is 13.9. The normalized spacial score (nSPS) is 17.5. The number of ether oxygens (including phenoxy) is 5. The van der Waals surface area contributed by atoms with Gasteiger partial charge in [0.2, 0.25) is 29.5 Å². The number of anilines is 1. The summed E-state index contributed by atoms with van der Waals surface area (Å²) in [6.45, 7) is 7.65. The Bertz CT molecular complexity index is 3190. The van der Waals surface area contributed by atoms with Gasteiger partial charge < -0.3 is 49.4 Å². The predicted octanol–water partition coefficient (Wildman–Crippen LogP) is 8.33. The number of amides is 6. The highest BCUT2D eigenvalue weighted by Crippen LogP contribution is 2.41. The van der Waals surface area contributed by atoms with Crippen LogP contribution in [0.15, 0.2) is 95.2 Å². The monoisotopic (exact) mass is 1120 g/mol. The Morgan fingerprint density at radius 2 is 1.46 bits per heavy atom. The van der Waals surface area contributed by atoms with Gasteiger partial charge in [-0.25, -0.2) is 0 Å². The van der Waals surface area contributed by atoms with Crippen LogP contribution in [0, 0.1) is 11.3 Å². The van der Waals surface area contributed by atoms with Crippen LogP contribution < -0.4 is 39.6 Å². The number of benzene rings is 4. The second-order valence-corrected chi connectivity index (χ2v) is 21.6. The Kier molecular flexibility index (Phi) is 19.3. The summed E-state index contributed by atoms with van der Waals surface area (Å²) < 4.78 is 28.9. The van der Waals surface area contributed by atoms with Crippen LogP contribution in [0.2, 0.25) is 0 Å². The van der Waals surface area contributed by atoms with E-state index in [2.05, 4.69) is 16.0 Å². The predicted molar refractivity (Wildman–Crippen MR) is 311 cm³/mol. The lowest BCUT2D eigenvalue weighted by Gasteiger charge is -2.21. The van der Waals surface area contributed by atoms with Crippen molar-refractivity contribution in [1.29, 1.82) is 0 Å². The van der Waals surface area contributed by atoms with Gasteiger partial charge in [-0.2, -0.15) is 0 Å². The number of hydrogen-bond acceptors (Lipinski definition) is 15. The van der Waals surface area contributed by atoms with Gasteiger partial charge in [-0.1, -0.05) is 58.4 Å². The molecule has 6 amide bonds. The van der Waals surface area contributed by atoms with Gasteiger partial charge in [-0.3, -0.25) is 48.4 Å². The van der Waals surface area contributed by atoms with Crippen molar-refractivity contribution in [2.75, 3.05) is 60.0 Å². The molecule has 0 saturated carbocycles. The maximum atomic E-state index is 13.9. The molecular weight excluding hydrogens is 1050 g/mol. The van der Waals surface area contributed by atoms with Crippen molar-refractivity contribution in [3.63, 3.8) is 0 Å². The third-order valence-electron chi connectivity index (χ3n) is 14.8. The molecule has 0 aromatic heterocycles. The lowest BCUT2D eigenvalue weighted by atomic mass is 9.92. The largest absolute Gasteiger partial charge is 0.497 e. The van der Waals surface area contributed by atoms with E-state index in [1.165, 1.54) is 19.1 Å². The minimum Gasteiger partial charge on any atom is -0.497 e. The maximum Gasteiger partial charge on any atom is 0.260 e. The topological polar surface area (TPSA) is 236 Å². The third-order valence-corrected chi connectivity index (χ3v) is 14.8. The first kappa shape index (κ1) is 59.3. The van der Waals surface area contributed by atoms with Crippen molar-refractivity contribution < 1.29 is 57.2 Å². The van der Waals surface area contributed by atoms with Crippen molar-refractivity contribution >= 4 is 82.4 Å². The molecule has 0 aliphatic carbocycles. The summed E-state index contributed by atoms with van der Waals surface area (Å²) in [7, 11) is 6.58. The Hall–Kier alpha value is -8.81. The number of nitrogens with zero attached hydrogens (tertiary/aromatic N) is 5. The number of unbranched alkanes of at least 4 members (excludes halogenated alkanes) is 2. The SMILES string of the molecule is COc1ccc(C2=CN3C(=O)c4cc(OC)c(OCCCOc5cc(N=CC6CC(c7ccc(NC(=O)CNC(=O)C(NC(=O)CCCCCN8C(=O)CC(C)(C)C8=O)C(C)C)cc7)=CN6C)c(C=O)cc5OC)cc4N=CC3C2)cc1. The molecule has 3 atom stereocenters. The van der Waals surface area contributed by atoms with E-state index in [1.54, 1.807) is 88.5 Å². The van der Waals surface area contributed by atoms with Crippen molar-refractivity contribution in [2.45, 2.75) is 97.2 Å². The van der Waals surface area contributed by atoms with Gasteiger partial charge in [0.15, 0.2) is 29.3 Å². The molecule has 20 nitrogen and oxygen atoms in total. The number of likely N-dealkylation sites (tertiary alicyclic amines) is 1. The summed E-state index contributed by atoms with van der Waals surface area (Å²) in [5.74, 6) is 0.384. The van der Waals surface area contributed by atoms with Crippen molar-refractivity contribution in [2.24, 2.45) is 21.3 Å². The fourth-order valence-corrected chi connectivity index (χ4v) is 10.1. The number of rotatable bonds is 26. The van der Waals surface area contributed by atoms with Crippen LogP contribution in [0.25, 0.3) is 11.1 Å². The van der Waals surface area contributed by atoms with Crippen LogP contribution in [-0.2, 0) is 24.0 Å². The van der Waals surface area contributed by atoms with Crippen LogP contribution in [0.4, 0.5) is 17.1 Å². The molecule has 0 radical (unpaired) electrons. The molecule has 1 saturated heterocycles. The first-order chi connectivity index (χ1) is 39.4. The minimum atomic E-state index is -0.845. The molecule has 3 unspecified atom stereocenters. The molecule has 20 heteroatoms. The molecule has 8 rings (SSSR count). The average Bonchev–Trinajstić information content (AvgIpc) is 4.07. The highest BCUT2D eigenvalue weighted by atomic mass is 16.5. The molecule has 4 aromatic rings. The van der Waals surface area contributed by atoms with Gasteiger partial charge in [-0.15, -0.1) is 0 Å². The number of carbonyl (C=O) groups is 7. The summed E-state index contributed by atoms with van der Waals surface area (Å²) in [4.78, 5) is 104. The zero-order valence-corrected chi connectivity index (χ0v) is 47.7. The molecule has 4 heterocycles. The van der Waals surface area contributed by atoms with Gasteiger partial charge in [-0.05, 0) is 83.9 Å². The number of hydrogen-bond donors (Lipinski definition) is 3. The summed E-state index contributed by atoms with van der Waals surface area (Å²) in [5.41, 5.74) is 5.47. The second kappa shape index (κ2) is 26.6. The first-order valence-corrected chi connectivity index (χ1v) is 27.6. The Labute approximate surface area is 477 Å². The minimum absolute atomic E-state index is 0.139. The number of fused-ring (bicyclic) bond motifs is 2. The summed E-state index contributed by atoms with van der Waals surface area (Å²) in [5, 5.41) is 8.24. The van der Waals surface area contributed by atoms with E-state index in [-0.39, 0.29) is 74.2 Å². The molecular formula is C62H72N8O12. The number of aliphatic imine (C=N–C) groups is 2. The van der Waals surface area contributed by atoms with Crippen molar-refractivity contribution in [1.82, 2.24) is 25.3 Å².